The van der Waals surface area contributed by atoms with E-state index in [1.54, 1.807) is 24.0 Å². The highest BCUT2D eigenvalue weighted by atomic mass is 19.1. The lowest BCUT2D eigenvalue weighted by molar-refractivity contribution is -0.146. The molecule has 1 aliphatic rings. The summed E-state index contributed by atoms with van der Waals surface area (Å²) in [5.74, 6) is -1.07. The van der Waals surface area contributed by atoms with Crippen molar-refractivity contribution in [3.63, 3.8) is 0 Å². The van der Waals surface area contributed by atoms with Gasteiger partial charge in [0.05, 0.1) is 19.4 Å². The SMILES string of the molecule is COC(=O)C(C)CN(CCC1=CCCCC1)C(=O)Cc1ccc(F)cc1. The summed E-state index contributed by atoms with van der Waals surface area (Å²) < 4.78 is 17.8. The van der Waals surface area contributed by atoms with E-state index in [9.17, 15) is 14.0 Å². The Morgan fingerprint density at radius 2 is 1.96 bits per heavy atom. The second-order valence-electron chi connectivity index (χ2n) is 6.93. The number of ether oxygens (including phenoxy) is 1. The Hall–Kier alpha value is -2.17. The van der Waals surface area contributed by atoms with Gasteiger partial charge in [-0.15, -0.1) is 0 Å². The van der Waals surface area contributed by atoms with Crippen LogP contribution in [0.3, 0.4) is 0 Å². The first-order valence-corrected chi connectivity index (χ1v) is 9.27. The first kappa shape index (κ1) is 20.1. The summed E-state index contributed by atoms with van der Waals surface area (Å²) in [6.07, 6.45) is 7.94. The molecule has 0 radical (unpaired) electrons. The quantitative estimate of drug-likeness (QED) is 0.521. The fourth-order valence-electron chi connectivity index (χ4n) is 3.22. The molecule has 0 saturated carbocycles. The zero-order valence-electron chi connectivity index (χ0n) is 15.7. The van der Waals surface area contributed by atoms with Gasteiger partial charge in [0.2, 0.25) is 5.91 Å². The Bertz CT molecular complexity index is 639. The van der Waals surface area contributed by atoms with E-state index in [-0.39, 0.29) is 30.0 Å². The first-order valence-electron chi connectivity index (χ1n) is 9.27. The van der Waals surface area contributed by atoms with Crippen LogP contribution in [0.1, 0.15) is 44.6 Å². The molecule has 4 nitrogen and oxygen atoms in total. The molecule has 2 rings (SSSR count). The van der Waals surface area contributed by atoms with Crippen molar-refractivity contribution in [3.05, 3.63) is 47.3 Å². The van der Waals surface area contributed by atoms with Crippen molar-refractivity contribution in [1.29, 1.82) is 0 Å². The van der Waals surface area contributed by atoms with Gasteiger partial charge in [-0.05, 0) is 49.8 Å². The topological polar surface area (TPSA) is 46.6 Å². The van der Waals surface area contributed by atoms with Crippen molar-refractivity contribution in [2.24, 2.45) is 5.92 Å². The number of amides is 1. The maximum Gasteiger partial charge on any atom is 0.310 e. The molecule has 0 fully saturated rings. The molecule has 1 amide bonds. The van der Waals surface area contributed by atoms with Gasteiger partial charge in [0.1, 0.15) is 5.82 Å². The fraction of sp³-hybridized carbons (Fsp3) is 0.524. The number of halogens is 1. The maximum absolute atomic E-state index is 13.1. The van der Waals surface area contributed by atoms with E-state index >= 15 is 0 Å². The summed E-state index contributed by atoms with van der Waals surface area (Å²) in [5.41, 5.74) is 2.16. The van der Waals surface area contributed by atoms with Crippen molar-refractivity contribution in [1.82, 2.24) is 4.90 Å². The number of rotatable bonds is 8. The number of allylic oxidation sites excluding steroid dienone is 1. The van der Waals surface area contributed by atoms with Crippen LogP contribution in [-0.2, 0) is 20.7 Å². The molecule has 0 aromatic heterocycles. The number of esters is 1. The molecule has 1 unspecified atom stereocenters. The molecule has 0 heterocycles. The molecule has 26 heavy (non-hydrogen) atoms. The largest absolute Gasteiger partial charge is 0.469 e. The van der Waals surface area contributed by atoms with Crippen molar-refractivity contribution in [3.8, 4) is 0 Å². The minimum absolute atomic E-state index is 0.0521. The third-order valence-corrected chi connectivity index (χ3v) is 4.81. The first-order chi connectivity index (χ1) is 12.5. The van der Waals surface area contributed by atoms with E-state index in [2.05, 4.69) is 6.08 Å². The van der Waals surface area contributed by atoms with Gasteiger partial charge in [0, 0.05) is 13.1 Å². The number of benzene rings is 1. The van der Waals surface area contributed by atoms with E-state index in [0.717, 1.165) is 24.8 Å². The number of nitrogens with zero attached hydrogens (tertiary/aromatic N) is 1. The van der Waals surface area contributed by atoms with Crippen LogP contribution >= 0.6 is 0 Å². The highest BCUT2D eigenvalue weighted by molar-refractivity contribution is 5.80. The van der Waals surface area contributed by atoms with E-state index in [4.69, 9.17) is 4.74 Å². The standard InChI is InChI=1S/C21H28FNO3/c1-16(21(25)26-2)15-23(13-12-17-6-4-3-5-7-17)20(24)14-18-8-10-19(22)11-9-18/h6,8-11,16H,3-5,7,12-15H2,1-2H3. The van der Waals surface area contributed by atoms with Crippen molar-refractivity contribution in [2.45, 2.75) is 45.4 Å². The monoisotopic (exact) mass is 361 g/mol. The number of carbonyl (C=O) groups excluding carboxylic acids is 2. The molecule has 0 bridgehead atoms. The van der Waals surface area contributed by atoms with Crippen LogP contribution in [0.5, 0.6) is 0 Å². The molecule has 1 aromatic carbocycles. The van der Waals surface area contributed by atoms with Crippen molar-refractivity contribution in [2.75, 3.05) is 20.2 Å². The predicted molar refractivity (Wildman–Crippen MR) is 99.0 cm³/mol. The molecule has 1 aromatic rings. The lowest BCUT2D eigenvalue weighted by Gasteiger charge is -2.26. The molecular weight excluding hydrogens is 333 g/mol. The Labute approximate surface area is 155 Å². The molecular formula is C21H28FNO3. The average molecular weight is 361 g/mol. The third kappa shape index (κ3) is 6.28. The van der Waals surface area contributed by atoms with Crippen LogP contribution in [0.25, 0.3) is 0 Å². The lowest BCUT2D eigenvalue weighted by Crippen LogP contribution is -2.39. The molecule has 5 heteroatoms. The van der Waals surface area contributed by atoms with Crippen LogP contribution in [0.4, 0.5) is 4.39 Å². The van der Waals surface area contributed by atoms with Crippen molar-refractivity contribution >= 4 is 11.9 Å². The van der Waals surface area contributed by atoms with E-state index in [1.165, 1.54) is 37.7 Å². The van der Waals surface area contributed by atoms with Crippen LogP contribution in [-0.4, -0.2) is 37.0 Å². The van der Waals surface area contributed by atoms with Gasteiger partial charge in [-0.1, -0.05) is 30.7 Å². The summed E-state index contributed by atoms with van der Waals surface area (Å²) in [7, 11) is 1.36. The summed E-state index contributed by atoms with van der Waals surface area (Å²) in [6, 6.07) is 5.96. The van der Waals surface area contributed by atoms with Crippen LogP contribution in [0.2, 0.25) is 0 Å². The van der Waals surface area contributed by atoms with Crippen LogP contribution < -0.4 is 0 Å². The molecule has 1 atom stereocenters. The Morgan fingerprint density at radius 1 is 1.23 bits per heavy atom. The van der Waals surface area contributed by atoms with E-state index in [1.807, 2.05) is 0 Å². The van der Waals surface area contributed by atoms with Gasteiger partial charge >= 0.3 is 5.97 Å². The number of hydrogen-bond acceptors (Lipinski definition) is 3. The fourth-order valence-corrected chi connectivity index (χ4v) is 3.22. The zero-order valence-corrected chi connectivity index (χ0v) is 15.7. The second-order valence-corrected chi connectivity index (χ2v) is 6.93. The molecule has 0 N–H and O–H groups in total. The normalized spacial score (nSPS) is 15.1. The minimum Gasteiger partial charge on any atom is -0.469 e. The average Bonchev–Trinajstić information content (AvgIpc) is 2.66. The van der Waals surface area contributed by atoms with E-state index < -0.39 is 0 Å². The molecule has 0 spiro atoms. The summed E-state index contributed by atoms with van der Waals surface area (Å²) in [4.78, 5) is 26.3. The number of methoxy groups -OCH3 is 1. The third-order valence-electron chi connectivity index (χ3n) is 4.81. The Kier molecular flexibility index (Phi) is 7.82. The second kappa shape index (κ2) is 10.1. The number of hydrogen-bond donors (Lipinski definition) is 0. The van der Waals surface area contributed by atoms with Gasteiger partial charge in [-0.2, -0.15) is 0 Å². The van der Waals surface area contributed by atoms with Gasteiger partial charge < -0.3 is 9.64 Å². The highest BCUT2D eigenvalue weighted by Crippen LogP contribution is 2.21. The maximum atomic E-state index is 13.1. The van der Waals surface area contributed by atoms with Crippen LogP contribution in [0.15, 0.2) is 35.9 Å². The molecule has 1 aliphatic carbocycles. The minimum atomic E-state index is -0.377. The molecule has 0 saturated heterocycles. The van der Waals surface area contributed by atoms with Crippen LogP contribution in [0, 0.1) is 11.7 Å². The number of carbonyl (C=O) groups is 2. The summed E-state index contributed by atoms with van der Waals surface area (Å²) in [6.45, 7) is 2.69. The summed E-state index contributed by atoms with van der Waals surface area (Å²) in [5, 5.41) is 0. The smallest absolute Gasteiger partial charge is 0.310 e. The van der Waals surface area contributed by atoms with Gasteiger partial charge in [-0.3, -0.25) is 9.59 Å². The predicted octanol–water partition coefficient (Wildman–Crippen LogP) is 3.90. The van der Waals surface area contributed by atoms with E-state index in [0.29, 0.717) is 13.1 Å². The van der Waals surface area contributed by atoms with Gasteiger partial charge in [-0.25, -0.2) is 4.39 Å². The highest BCUT2D eigenvalue weighted by Gasteiger charge is 2.22. The Morgan fingerprint density at radius 3 is 2.58 bits per heavy atom. The lowest BCUT2D eigenvalue weighted by atomic mass is 9.97. The van der Waals surface area contributed by atoms with Gasteiger partial charge in [0.15, 0.2) is 0 Å². The zero-order chi connectivity index (χ0) is 18.9. The van der Waals surface area contributed by atoms with Crippen molar-refractivity contribution < 1.29 is 18.7 Å². The molecule has 0 aliphatic heterocycles. The summed E-state index contributed by atoms with van der Waals surface area (Å²) >= 11 is 0. The van der Waals surface area contributed by atoms with Gasteiger partial charge in [0.25, 0.3) is 0 Å². The Balaban J connectivity index is 2.02. The molecule has 142 valence electrons.